The van der Waals surface area contributed by atoms with Gasteiger partial charge in [-0.2, -0.15) is 0 Å². The number of aromatic nitrogens is 3. The average Bonchev–Trinajstić information content (AvgIpc) is 2.97. The van der Waals surface area contributed by atoms with Crippen molar-refractivity contribution in [2.45, 2.75) is 6.54 Å². The lowest BCUT2D eigenvalue weighted by atomic mass is 10.3. The Bertz CT molecular complexity index is 600. The lowest BCUT2D eigenvalue weighted by molar-refractivity contribution is -0.135. The van der Waals surface area contributed by atoms with Crippen LogP contribution >= 0.6 is 0 Å². The van der Waals surface area contributed by atoms with Crippen molar-refractivity contribution in [1.29, 1.82) is 0 Å². The summed E-state index contributed by atoms with van der Waals surface area (Å²) in [5, 5.41) is 22.2. The first-order valence-corrected chi connectivity index (χ1v) is 5.05. The predicted molar refractivity (Wildman–Crippen MR) is 57.8 cm³/mol. The minimum atomic E-state index is -1.03. The SMILES string of the molecule is COC(=O)c1ncn(CC=C2OC(=O)C(O)=C2O)n1. The van der Waals surface area contributed by atoms with Gasteiger partial charge in [0.25, 0.3) is 5.82 Å². The summed E-state index contributed by atoms with van der Waals surface area (Å²) in [5.74, 6) is -3.50. The summed E-state index contributed by atoms with van der Waals surface area (Å²) in [4.78, 5) is 25.7. The summed E-state index contributed by atoms with van der Waals surface area (Å²) in [6.45, 7) is 0.0734. The van der Waals surface area contributed by atoms with Gasteiger partial charge >= 0.3 is 11.9 Å². The fraction of sp³-hybridized carbons (Fsp3) is 0.200. The molecule has 1 aliphatic rings. The van der Waals surface area contributed by atoms with Gasteiger partial charge < -0.3 is 19.7 Å². The van der Waals surface area contributed by atoms with Crippen LogP contribution in [0.3, 0.4) is 0 Å². The highest BCUT2D eigenvalue weighted by atomic mass is 16.6. The Morgan fingerprint density at radius 2 is 2.26 bits per heavy atom. The first-order valence-electron chi connectivity index (χ1n) is 5.05. The van der Waals surface area contributed by atoms with E-state index in [1.807, 2.05) is 0 Å². The Labute approximate surface area is 106 Å². The van der Waals surface area contributed by atoms with Crippen molar-refractivity contribution in [1.82, 2.24) is 14.8 Å². The van der Waals surface area contributed by atoms with Crippen molar-refractivity contribution in [2.24, 2.45) is 0 Å². The molecule has 19 heavy (non-hydrogen) atoms. The van der Waals surface area contributed by atoms with Crippen LogP contribution in [0.2, 0.25) is 0 Å². The molecule has 0 amide bonds. The summed E-state index contributed by atoms with van der Waals surface area (Å²) >= 11 is 0. The van der Waals surface area contributed by atoms with Crippen LogP contribution in [-0.2, 0) is 20.8 Å². The normalized spacial score (nSPS) is 16.9. The van der Waals surface area contributed by atoms with Gasteiger partial charge in [0.2, 0.25) is 11.5 Å². The standard InChI is InChI=1S/C10H9N3O6/c1-18-10(17)8-11-4-13(12-8)3-2-5-6(14)7(15)9(16)19-5/h2,4,14-15H,3H2,1H3. The number of hydrogen-bond acceptors (Lipinski definition) is 8. The zero-order valence-electron chi connectivity index (χ0n) is 9.73. The van der Waals surface area contributed by atoms with E-state index in [4.69, 9.17) is 5.11 Å². The largest absolute Gasteiger partial charge is 0.502 e. The molecule has 2 heterocycles. The molecule has 100 valence electrons. The zero-order valence-corrected chi connectivity index (χ0v) is 9.73. The first-order chi connectivity index (χ1) is 9.02. The van der Waals surface area contributed by atoms with Crippen LogP contribution in [0, 0.1) is 0 Å². The molecule has 0 spiro atoms. The lowest BCUT2D eigenvalue weighted by Gasteiger charge is -1.98. The van der Waals surface area contributed by atoms with Crippen molar-refractivity contribution < 1.29 is 29.3 Å². The molecule has 0 aromatic carbocycles. The Hall–Kier alpha value is -2.84. The van der Waals surface area contributed by atoms with Gasteiger partial charge in [-0.05, 0) is 6.08 Å². The highest BCUT2D eigenvalue weighted by Crippen LogP contribution is 2.21. The van der Waals surface area contributed by atoms with Gasteiger partial charge in [0.15, 0.2) is 5.76 Å². The molecule has 1 aromatic rings. The van der Waals surface area contributed by atoms with Crippen LogP contribution in [0.15, 0.2) is 29.7 Å². The quantitative estimate of drug-likeness (QED) is 0.723. The molecule has 9 nitrogen and oxygen atoms in total. The number of carbonyl (C=O) groups excluding carboxylic acids is 2. The maximum absolute atomic E-state index is 11.1. The van der Waals surface area contributed by atoms with E-state index in [0.29, 0.717) is 0 Å². The second-order valence-electron chi connectivity index (χ2n) is 3.44. The molecule has 9 heteroatoms. The molecule has 2 N–H and O–H groups in total. The van der Waals surface area contributed by atoms with E-state index in [2.05, 4.69) is 19.6 Å². The number of carbonyl (C=O) groups is 2. The number of aliphatic hydroxyl groups excluding tert-OH is 2. The number of rotatable bonds is 3. The van der Waals surface area contributed by atoms with Crippen LogP contribution in [0.5, 0.6) is 0 Å². The molecule has 0 saturated carbocycles. The number of methoxy groups -OCH3 is 1. The third-order valence-electron chi connectivity index (χ3n) is 2.22. The Kier molecular flexibility index (Phi) is 3.19. The minimum Gasteiger partial charge on any atom is -0.502 e. The third-order valence-corrected chi connectivity index (χ3v) is 2.22. The summed E-state index contributed by atoms with van der Waals surface area (Å²) in [7, 11) is 1.20. The number of cyclic esters (lactones) is 1. The van der Waals surface area contributed by atoms with Gasteiger partial charge in [-0.1, -0.05) is 0 Å². The monoisotopic (exact) mass is 267 g/mol. The maximum Gasteiger partial charge on any atom is 0.383 e. The van der Waals surface area contributed by atoms with E-state index in [1.165, 1.54) is 24.2 Å². The Morgan fingerprint density at radius 1 is 1.53 bits per heavy atom. The van der Waals surface area contributed by atoms with E-state index >= 15 is 0 Å². The molecular weight excluding hydrogens is 258 g/mol. The smallest absolute Gasteiger partial charge is 0.383 e. The van der Waals surface area contributed by atoms with Gasteiger partial charge in [-0.3, -0.25) is 0 Å². The van der Waals surface area contributed by atoms with Gasteiger partial charge in [-0.15, -0.1) is 5.10 Å². The Morgan fingerprint density at radius 3 is 2.84 bits per heavy atom. The van der Waals surface area contributed by atoms with E-state index < -0.39 is 23.5 Å². The van der Waals surface area contributed by atoms with Gasteiger partial charge in [0.05, 0.1) is 13.7 Å². The molecule has 0 radical (unpaired) electrons. The molecular formula is C10H9N3O6. The number of ether oxygens (including phenoxy) is 2. The number of allylic oxidation sites excluding steroid dienone is 1. The predicted octanol–water partition coefficient (Wildman–Crippen LogP) is -0.167. The second-order valence-corrected chi connectivity index (χ2v) is 3.44. The molecule has 0 atom stereocenters. The Balaban J connectivity index is 2.09. The van der Waals surface area contributed by atoms with Crippen molar-refractivity contribution >= 4 is 11.9 Å². The molecule has 1 aliphatic heterocycles. The fourth-order valence-corrected chi connectivity index (χ4v) is 1.29. The molecule has 2 rings (SSSR count). The van der Waals surface area contributed by atoms with Crippen LogP contribution in [-0.4, -0.2) is 44.0 Å². The summed E-state index contributed by atoms with van der Waals surface area (Å²) < 4.78 is 10.3. The van der Waals surface area contributed by atoms with Crippen LogP contribution in [0.1, 0.15) is 10.6 Å². The van der Waals surface area contributed by atoms with E-state index in [-0.39, 0.29) is 18.1 Å². The maximum atomic E-state index is 11.1. The molecule has 0 fully saturated rings. The van der Waals surface area contributed by atoms with E-state index in [1.54, 1.807) is 0 Å². The zero-order chi connectivity index (χ0) is 14.0. The second kappa shape index (κ2) is 4.80. The van der Waals surface area contributed by atoms with Crippen LogP contribution in [0.4, 0.5) is 0 Å². The molecule has 0 saturated heterocycles. The lowest BCUT2D eigenvalue weighted by Crippen LogP contribution is -2.05. The molecule has 1 aromatic heterocycles. The third kappa shape index (κ3) is 2.39. The van der Waals surface area contributed by atoms with E-state index in [9.17, 15) is 14.7 Å². The van der Waals surface area contributed by atoms with Gasteiger partial charge in [0, 0.05) is 0 Å². The summed E-state index contributed by atoms with van der Waals surface area (Å²) in [6.07, 6.45) is 2.56. The van der Waals surface area contributed by atoms with Crippen molar-refractivity contribution in [3.63, 3.8) is 0 Å². The minimum absolute atomic E-state index is 0.0734. The topological polar surface area (TPSA) is 124 Å². The summed E-state index contributed by atoms with van der Waals surface area (Å²) in [5.41, 5.74) is 0. The van der Waals surface area contributed by atoms with Gasteiger partial charge in [-0.25, -0.2) is 19.3 Å². The van der Waals surface area contributed by atoms with Crippen molar-refractivity contribution in [3.05, 3.63) is 35.5 Å². The van der Waals surface area contributed by atoms with Crippen LogP contribution in [0.25, 0.3) is 0 Å². The highest BCUT2D eigenvalue weighted by molar-refractivity contribution is 5.91. The number of hydrogen-bond donors (Lipinski definition) is 2. The average molecular weight is 267 g/mol. The fourth-order valence-electron chi connectivity index (χ4n) is 1.29. The first kappa shape index (κ1) is 12.6. The van der Waals surface area contributed by atoms with E-state index in [0.717, 1.165) is 0 Å². The number of nitrogens with zero attached hydrogens (tertiary/aromatic N) is 3. The molecule has 0 aliphatic carbocycles. The van der Waals surface area contributed by atoms with Gasteiger partial charge in [0.1, 0.15) is 6.33 Å². The summed E-state index contributed by atoms with van der Waals surface area (Å²) in [6, 6.07) is 0. The molecule has 0 bridgehead atoms. The number of esters is 2. The number of aliphatic hydroxyl groups is 2. The highest BCUT2D eigenvalue weighted by Gasteiger charge is 2.29. The van der Waals surface area contributed by atoms with Crippen LogP contribution < -0.4 is 0 Å². The molecule has 0 unspecified atom stereocenters. The van der Waals surface area contributed by atoms with Crippen molar-refractivity contribution in [2.75, 3.05) is 7.11 Å². The van der Waals surface area contributed by atoms with Crippen molar-refractivity contribution in [3.8, 4) is 0 Å².